The average molecular weight is 322 g/mol. The molecule has 21 heavy (non-hydrogen) atoms. The molecule has 8 heteroatoms. The summed E-state index contributed by atoms with van der Waals surface area (Å²) < 4.78 is 69.9. The Labute approximate surface area is 120 Å². The van der Waals surface area contributed by atoms with Gasteiger partial charge in [-0.25, -0.2) is 0 Å². The van der Waals surface area contributed by atoms with Crippen molar-refractivity contribution >= 4 is 15.9 Å². The second-order valence-corrected chi connectivity index (χ2v) is 6.24. The van der Waals surface area contributed by atoms with Crippen LogP contribution in [-0.4, -0.2) is 20.0 Å². The van der Waals surface area contributed by atoms with Crippen LogP contribution >= 0.6 is 0 Å². The van der Waals surface area contributed by atoms with Gasteiger partial charge in [-0.1, -0.05) is 12.1 Å². The largest absolute Gasteiger partial charge is 0.534 e. The van der Waals surface area contributed by atoms with E-state index in [1.807, 2.05) is 0 Å². The highest BCUT2D eigenvalue weighted by molar-refractivity contribution is 7.87. The lowest BCUT2D eigenvalue weighted by molar-refractivity contribution is -0.0510. The van der Waals surface area contributed by atoms with E-state index in [0.717, 1.165) is 0 Å². The van der Waals surface area contributed by atoms with Crippen LogP contribution in [0, 0.1) is 6.92 Å². The molecule has 0 aromatic heterocycles. The molecule has 0 fully saturated rings. The van der Waals surface area contributed by atoms with E-state index in [9.17, 15) is 21.6 Å². The van der Waals surface area contributed by atoms with Gasteiger partial charge in [-0.15, -0.1) is 0 Å². The molecule has 0 amide bonds. The van der Waals surface area contributed by atoms with E-state index in [1.54, 1.807) is 26.0 Å². The number of alkyl halides is 3. The van der Waals surface area contributed by atoms with E-state index < -0.39 is 21.7 Å². The number of para-hydroxylation sites is 1. The van der Waals surface area contributed by atoms with Crippen LogP contribution in [0.2, 0.25) is 0 Å². The fourth-order valence-corrected chi connectivity index (χ4v) is 2.45. The van der Waals surface area contributed by atoms with Gasteiger partial charge in [0.05, 0.1) is 5.56 Å². The molecule has 1 atom stereocenters. The zero-order valence-electron chi connectivity index (χ0n) is 11.5. The molecule has 116 valence electrons. The third kappa shape index (κ3) is 2.72. The summed E-state index contributed by atoms with van der Waals surface area (Å²) in [5, 5.41) is 0. The van der Waals surface area contributed by atoms with E-state index >= 15 is 0 Å². The first-order valence-electron chi connectivity index (χ1n) is 6.03. The maximum absolute atomic E-state index is 12.5. The van der Waals surface area contributed by atoms with Crippen molar-refractivity contribution in [3.8, 4) is 5.75 Å². The van der Waals surface area contributed by atoms with Gasteiger partial charge in [0.2, 0.25) is 0 Å². The number of rotatable bonds is 2. The molecule has 0 saturated heterocycles. The quantitative estimate of drug-likeness (QED) is 0.619. The van der Waals surface area contributed by atoms with Gasteiger partial charge >= 0.3 is 15.6 Å². The minimum atomic E-state index is -5.72. The molecule has 0 saturated carbocycles. The molecule has 2 rings (SSSR count). The van der Waals surface area contributed by atoms with Crippen LogP contribution in [-0.2, 0) is 14.3 Å². The lowest BCUT2D eigenvalue weighted by Gasteiger charge is -2.28. The molecule has 0 spiro atoms. The SMILES string of the molecule is CC1=C(OS(=O)(=O)C(F)(F)F)c2cccc(C)c2OC1C. The van der Waals surface area contributed by atoms with E-state index in [2.05, 4.69) is 4.18 Å². The Morgan fingerprint density at radius 1 is 1.24 bits per heavy atom. The molecule has 1 unspecified atom stereocenters. The predicted molar refractivity (Wildman–Crippen MR) is 69.9 cm³/mol. The van der Waals surface area contributed by atoms with E-state index in [-0.39, 0.29) is 16.9 Å². The Morgan fingerprint density at radius 2 is 1.86 bits per heavy atom. The van der Waals surface area contributed by atoms with Crippen LogP contribution in [0.4, 0.5) is 13.2 Å². The Kier molecular flexibility index (Phi) is 3.69. The topological polar surface area (TPSA) is 52.6 Å². The molecular formula is C13H13F3O4S. The zero-order chi connectivity index (χ0) is 16.0. The van der Waals surface area contributed by atoms with Crippen molar-refractivity contribution in [2.75, 3.05) is 0 Å². The summed E-state index contributed by atoms with van der Waals surface area (Å²) in [5.41, 5.74) is -4.33. The molecule has 0 aliphatic carbocycles. The number of aryl methyl sites for hydroxylation is 1. The second kappa shape index (κ2) is 4.94. The first-order chi connectivity index (χ1) is 9.54. The van der Waals surface area contributed by atoms with Gasteiger partial charge in [0.1, 0.15) is 11.9 Å². The number of hydrogen-bond donors (Lipinski definition) is 0. The molecular weight excluding hydrogens is 309 g/mol. The zero-order valence-corrected chi connectivity index (χ0v) is 12.3. The third-order valence-electron chi connectivity index (χ3n) is 3.20. The standard InChI is InChI=1S/C13H13F3O4S/c1-7-5-4-6-10-11(7)19-9(3)8(2)12(10)20-21(17,18)13(14,15)16/h4-6,9H,1-3H3. The van der Waals surface area contributed by atoms with Gasteiger partial charge in [0.15, 0.2) is 5.76 Å². The fourth-order valence-electron chi connectivity index (χ4n) is 1.92. The highest BCUT2D eigenvalue weighted by Gasteiger charge is 2.49. The van der Waals surface area contributed by atoms with Crippen LogP contribution in [0.3, 0.4) is 0 Å². The van der Waals surface area contributed by atoms with Crippen LogP contribution in [0.25, 0.3) is 5.76 Å². The van der Waals surface area contributed by atoms with Gasteiger partial charge < -0.3 is 8.92 Å². The second-order valence-electron chi connectivity index (χ2n) is 4.71. The summed E-state index contributed by atoms with van der Waals surface area (Å²) in [6.45, 7) is 4.79. The summed E-state index contributed by atoms with van der Waals surface area (Å²) >= 11 is 0. The van der Waals surface area contributed by atoms with Crippen molar-refractivity contribution < 1.29 is 30.5 Å². The highest BCUT2D eigenvalue weighted by Crippen LogP contribution is 2.41. The summed E-state index contributed by atoms with van der Waals surface area (Å²) in [4.78, 5) is 0. The number of hydrogen-bond acceptors (Lipinski definition) is 4. The van der Waals surface area contributed by atoms with E-state index in [0.29, 0.717) is 11.3 Å². The van der Waals surface area contributed by atoms with Crippen molar-refractivity contribution in [2.45, 2.75) is 32.4 Å². The molecule has 1 aromatic rings. The lowest BCUT2D eigenvalue weighted by atomic mass is 9.99. The normalized spacial score (nSPS) is 19.0. The lowest BCUT2D eigenvalue weighted by Crippen LogP contribution is -2.28. The van der Waals surface area contributed by atoms with E-state index in [4.69, 9.17) is 4.74 Å². The first kappa shape index (κ1) is 15.7. The molecule has 4 nitrogen and oxygen atoms in total. The van der Waals surface area contributed by atoms with Gasteiger partial charge in [-0.2, -0.15) is 21.6 Å². The van der Waals surface area contributed by atoms with Crippen LogP contribution in [0.15, 0.2) is 23.8 Å². The third-order valence-corrected chi connectivity index (χ3v) is 4.15. The van der Waals surface area contributed by atoms with Crippen LogP contribution < -0.4 is 4.74 Å². The Bertz CT molecular complexity index is 705. The molecule has 1 heterocycles. The van der Waals surface area contributed by atoms with Crippen molar-refractivity contribution in [3.05, 3.63) is 34.9 Å². The van der Waals surface area contributed by atoms with Gasteiger partial charge in [-0.05, 0) is 32.4 Å². The summed E-state index contributed by atoms with van der Waals surface area (Å²) in [7, 11) is -5.72. The van der Waals surface area contributed by atoms with E-state index in [1.165, 1.54) is 13.0 Å². The number of fused-ring (bicyclic) bond motifs is 1. The van der Waals surface area contributed by atoms with Crippen molar-refractivity contribution in [2.24, 2.45) is 0 Å². The summed E-state index contributed by atoms with van der Waals surface area (Å²) in [6.07, 6.45) is -0.586. The average Bonchev–Trinajstić information content (AvgIpc) is 2.35. The molecule has 0 radical (unpaired) electrons. The number of benzene rings is 1. The number of ether oxygens (including phenoxy) is 1. The van der Waals surface area contributed by atoms with Crippen LogP contribution in [0.1, 0.15) is 25.0 Å². The molecule has 0 bridgehead atoms. The Hall–Kier alpha value is -1.70. The first-order valence-corrected chi connectivity index (χ1v) is 7.43. The molecule has 1 aliphatic heterocycles. The maximum Gasteiger partial charge on any atom is 0.534 e. The molecule has 1 aliphatic rings. The van der Waals surface area contributed by atoms with Crippen molar-refractivity contribution in [1.82, 2.24) is 0 Å². The Morgan fingerprint density at radius 3 is 2.43 bits per heavy atom. The highest BCUT2D eigenvalue weighted by atomic mass is 32.2. The van der Waals surface area contributed by atoms with Crippen molar-refractivity contribution in [1.29, 1.82) is 0 Å². The fraction of sp³-hybridized carbons (Fsp3) is 0.385. The van der Waals surface area contributed by atoms with Crippen molar-refractivity contribution in [3.63, 3.8) is 0 Å². The minimum Gasteiger partial charge on any atom is -0.485 e. The predicted octanol–water partition coefficient (Wildman–Crippen LogP) is 3.37. The minimum absolute atomic E-state index is 0.193. The Balaban J connectivity index is 2.57. The summed E-state index contributed by atoms with van der Waals surface area (Å²) in [5.74, 6) is -0.00671. The maximum atomic E-state index is 12.5. The molecule has 1 aromatic carbocycles. The molecule has 0 N–H and O–H groups in total. The van der Waals surface area contributed by atoms with Crippen LogP contribution in [0.5, 0.6) is 5.75 Å². The summed E-state index contributed by atoms with van der Waals surface area (Å²) in [6, 6.07) is 4.76. The van der Waals surface area contributed by atoms with Gasteiger partial charge in [0.25, 0.3) is 0 Å². The smallest absolute Gasteiger partial charge is 0.485 e. The number of halogens is 3. The van der Waals surface area contributed by atoms with Gasteiger partial charge in [0, 0.05) is 5.57 Å². The monoisotopic (exact) mass is 322 g/mol. The van der Waals surface area contributed by atoms with Gasteiger partial charge in [-0.3, -0.25) is 0 Å².